The third-order valence-corrected chi connectivity index (χ3v) is 10.1. The molecule has 0 radical (unpaired) electrons. The molecule has 3 aliphatic carbocycles. The number of aliphatic hydroxyl groups excluding tert-OH is 2. The second-order valence-electron chi connectivity index (χ2n) is 12.7. The highest BCUT2D eigenvalue weighted by atomic mass is 19.1. The Bertz CT molecular complexity index is 1630. The molecule has 0 aromatic heterocycles. The number of allylic oxidation sites excluding steroid dienone is 1. The zero-order valence-corrected chi connectivity index (χ0v) is 25.1. The number of ketones is 2. The molecule has 1 aliphatic heterocycles. The Labute approximate surface area is 260 Å². The minimum Gasteiger partial charge on any atom is -0.510 e. The number of nitrogens with one attached hydrogen (secondary N) is 1. The first-order valence-corrected chi connectivity index (χ1v) is 15.5. The zero-order valence-electron chi connectivity index (χ0n) is 25.1. The molecule has 0 bridgehead atoms. The van der Waals surface area contributed by atoms with Crippen LogP contribution in [0, 0.1) is 17.7 Å². The summed E-state index contributed by atoms with van der Waals surface area (Å²) in [5.74, 6) is -7.77. The van der Waals surface area contributed by atoms with Crippen LogP contribution in [-0.4, -0.2) is 74.1 Å². The van der Waals surface area contributed by atoms with Crippen molar-refractivity contribution >= 4 is 17.5 Å². The molecule has 7 N–H and O–H groups in total. The van der Waals surface area contributed by atoms with Crippen molar-refractivity contribution in [2.75, 3.05) is 19.6 Å². The number of aliphatic hydroxyl groups is 3. The first kappa shape index (κ1) is 30.9. The van der Waals surface area contributed by atoms with Crippen LogP contribution in [0.2, 0.25) is 0 Å². The summed E-state index contributed by atoms with van der Waals surface area (Å²) in [5.41, 5.74) is 2.69. The number of carbonyl (C=O) groups is 3. The number of primary amides is 1. The summed E-state index contributed by atoms with van der Waals surface area (Å²) in [7, 11) is 0. The van der Waals surface area contributed by atoms with E-state index in [0.717, 1.165) is 25.9 Å². The molecule has 1 saturated heterocycles. The van der Waals surface area contributed by atoms with Gasteiger partial charge in [-0.3, -0.25) is 19.3 Å². The van der Waals surface area contributed by atoms with Gasteiger partial charge in [0.05, 0.1) is 11.6 Å². The first-order valence-electron chi connectivity index (χ1n) is 15.5. The molecule has 2 aromatic carbocycles. The summed E-state index contributed by atoms with van der Waals surface area (Å²) in [4.78, 5) is 41.5. The minimum absolute atomic E-state index is 0.0129. The third kappa shape index (κ3) is 4.93. The van der Waals surface area contributed by atoms with Crippen LogP contribution < -0.4 is 11.1 Å². The lowest BCUT2D eigenvalue weighted by Gasteiger charge is -2.48. The molecule has 10 nitrogen and oxygen atoms in total. The number of phenolic OH excluding ortho intramolecular Hbond substituents is 1. The van der Waals surface area contributed by atoms with Crippen molar-refractivity contribution in [2.24, 2.45) is 17.6 Å². The number of fused-ring (bicyclic) bond motifs is 3. The molecule has 0 unspecified atom stereocenters. The molecule has 1 amide bonds. The summed E-state index contributed by atoms with van der Waals surface area (Å²) < 4.78 is 16.2. The van der Waals surface area contributed by atoms with Gasteiger partial charge in [-0.2, -0.15) is 0 Å². The van der Waals surface area contributed by atoms with E-state index in [1.807, 2.05) is 25.1 Å². The average molecular weight is 620 g/mol. The Hall–Kier alpha value is -4.06. The van der Waals surface area contributed by atoms with E-state index in [4.69, 9.17) is 5.73 Å². The molecule has 238 valence electrons. The fourth-order valence-corrected chi connectivity index (χ4v) is 7.82. The molecule has 1 fully saturated rings. The highest BCUT2D eigenvalue weighted by molar-refractivity contribution is 6.24. The van der Waals surface area contributed by atoms with Crippen molar-refractivity contribution in [2.45, 2.75) is 63.1 Å². The molecule has 0 saturated carbocycles. The van der Waals surface area contributed by atoms with Crippen LogP contribution in [0.25, 0.3) is 0 Å². The van der Waals surface area contributed by atoms with Crippen molar-refractivity contribution < 1.29 is 39.2 Å². The predicted molar refractivity (Wildman–Crippen MR) is 162 cm³/mol. The van der Waals surface area contributed by atoms with Crippen LogP contribution in [0.3, 0.4) is 0 Å². The SMILES string of the molecule is CCCN[C@@H]1C(O)=C(C(N)=O)C(=O)[C@@]2(O)C(O)=C3C(=O)c4c(O)cc(CN5CCC(c6ccccc6)CC5)c(F)c4C[C@H]3C[C@@H]12. The number of halogens is 1. The van der Waals surface area contributed by atoms with E-state index in [2.05, 4.69) is 22.3 Å². The van der Waals surface area contributed by atoms with Gasteiger partial charge in [0.2, 0.25) is 5.78 Å². The van der Waals surface area contributed by atoms with Gasteiger partial charge >= 0.3 is 0 Å². The molecule has 0 spiro atoms. The van der Waals surface area contributed by atoms with Gasteiger partial charge in [0.15, 0.2) is 11.4 Å². The minimum atomic E-state index is -2.74. The number of nitrogens with two attached hydrogens (primary N) is 1. The van der Waals surface area contributed by atoms with Crippen LogP contribution in [0.5, 0.6) is 5.75 Å². The Morgan fingerprint density at radius 1 is 1.11 bits per heavy atom. The number of aromatic hydroxyl groups is 1. The number of hydrogen-bond acceptors (Lipinski definition) is 9. The summed E-state index contributed by atoms with van der Waals surface area (Å²) >= 11 is 0. The van der Waals surface area contributed by atoms with E-state index < -0.39 is 69.6 Å². The van der Waals surface area contributed by atoms with E-state index >= 15 is 4.39 Å². The summed E-state index contributed by atoms with van der Waals surface area (Å²) in [6.07, 6.45) is 2.24. The van der Waals surface area contributed by atoms with Crippen molar-refractivity contribution in [3.63, 3.8) is 0 Å². The first-order chi connectivity index (χ1) is 21.5. The maximum atomic E-state index is 16.2. The molecule has 6 rings (SSSR count). The molecule has 4 aliphatic rings. The van der Waals surface area contributed by atoms with Crippen molar-refractivity contribution in [1.82, 2.24) is 10.2 Å². The number of nitrogens with zero attached hydrogens (tertiary/aromatic N) is 1. The highest BCUT2D eigenvalue weighted by Gasteiger charge is 2.62. The molecule has 1 heterocycles. The lowest BCUT2D eigenvalue weighted by Crippen LogP contribution is -2.64. The Kier molecular flexibility index (Phi) is 8.05. The summed E-state index contributed by atoms with van der Waals surface area (Å²) in [6.45, 7) is 3.91. The quantitative estimate of drug-likeness (QED) is 0.255. The number of piperidine rings is 1. The van der Waals surface area contributed by atoms with Crippen molar-refractivity contribution in [3.05, 3.63) is 87.1 Å². The molecule has 2 aromatic rings. The Morgan fingerprint density at radius 2 is 1.80 bits per heavy atom. The van der Waals surface area contributed by atoms with Crippen LogP contribution in [0.4, 0.5) is 4.39 Å². The number of hydrogen-bond donors (Lipinski definition) is 6. The maximum Gasteiger partial charge on any atom is 0.255 e. The number of likely N-dealkylation sites (tertiary alicyclic amines) is 1. The van der Waals surface area contributed by atoms with E-state index in [1.165, 1.54) is 11.6 Å². The largest absolute Gasteiger partial charge is 0.510 e. The fraction of sp³-hybridized carbons (Fsp3) is 0.441. The van der Waals surface area contributed by atoms with Crippen LogP contribution in [0.1, 0.15) is 65.6 Å². The van der Waals surface area contributed by atoms with E-state index in [0.29, 0.717) is 18.9 Å². The van der Waals surface area contributed by atoms with Gasteiger partial charge in [0.25, 0.3) is 5.91 Å². The van der Waals surface area contributed by atoms with Crippen LogP contribution in [-0.2, 0) is 22.6 Å². The highest BCUT2D eigenvalue weighted by Crippen LogP contribution is 2.52. The molecular formula is C34H38FN3O7. The van der Waals surface area contributed by atoms with Gasteiger partial charge < -0.3 is 31.5 Å². The lowest BCUT2D eigenvalue weighted by molar-refractivity contribution is -0.146. The van der Waals surface area contributed by atoms with Crippen molar-refractivity contribution in [1.29, 1.82) is 0 Å². The molecular weight excluding hydrogens is 581 g/mol. The number of Topliss-reactive ketones (excluding diaryl/α,β-unsaturated/α-hetero) is 2. The van der Waals surface area contributed by atoms with E-state index in [-0.39, 0.29) is 41.6 Å². The number of benzene rings is 2. The smallest absolute Gasteiger partial charge is 0.255 e. The van der Waals surface area contributed by atoms with Gasteiger partial charge in [0.1, 0.15) is 28.7 Å². The summed E-state index contributed by atoms with van der Waals surface area (Å²) in [6, 6.07) is 10.4. The monoisotopic (exact) mass is 619 g/mol. The van der Waals surface area contributed by atoms with Crippen LogP contribution in [0.15, 0.2) is 59.1 Å². The number of carbonyl (C=O) groups excluding carboxylic acids is 3. The fourth-order valence-electron chi connectivity index (χ4n) is 7.82. The second-order valence-corrected chi connectivity index (χ2v) is 12.7. The third-order valence-electron chi connectivity index (χ3n) is 10.1. The number of amides is 1. The van der Waals surface area contributed by atoms with Crippen LogP contribution >= 0.6 is 0 Å². The van der Waals surface area contributed by atoms with Gasteiger partial charge in [-0.25, -0.2) is 4.39 Å². The van der Waals surface area contributed by atoms with E-state index in [9.17, 15) is 34.8 Å². The van der Waals surface area contributed by atoms with Crippen molar-refractivity contribution in [3.8, 4) is 5.75 Å². The zero-order chi connectivity index (χ0) is 32.2. The Balaban J connectivity index is 1.32. The molecule has 11 heteroatoms. The second kappa shape index (κ2) is 11.7. The topological polar surface area (TPSA) is 173 Å². The Morgan fingerprint density at radius 3 is 2.44 bits per heavy atom. The maximum absolute atomic E-state index is 16.2. The van der Waals surface area contributed by atoms with Gasteiger partial charge in [-0.1, -0.05) is 37.3 Å². The standard InChI is InChI=1S/C34H38FN3O7/c1-2-10-37-28-22-14-19-13-21-25(29(40)24(19)31(42)34(22,45)32(43)26(30(28)41)33(36)44)23(39)15-20(27(21)35)16-38-11-8-18(9-12-38)17-6-4-3-5-7-17/h3-7,15,18-19,22,28,37,39,41-42,45H,2,8-14,16H2,1H3,(H2,36,44)/t19-,22-,28-,34-/m0/s1. The normalized spacial score (nSPS) is 27.3. The lowest BCUT2D eigenvalue weighted by atomic mass is 9.58. The van der Waals surface area contributed by atoms with Gasteiger partial charge in [-0.15, -0.1) is 0 Å². The van der Waals surface area contributed by atoms with Gasteiger partial charge in [0, 0.05) is 29.2 Å². The predicted octanol–water partition coefficient (Wildman–Crippen LogP) is 3.08. The summed E-state index contributed by atoms with van der Waals surface area (Å²) in [5, 5.41) is 48.1. The molecule has 45 heavy (non-hydrogen) atoms. The average Bonchev–Trinajstić information content (AvgIpc) is 3.02. The van der Waals surface area contributed by atoms with E-state index in [1.54, 1.807) is 0 Å². The number of rotatable bonds is 7. The number of phenols is 1. The van der Waals surface area contributed by atoms with Gasteiger partial charge in [-0.05, 0) is 75.2 Å². The molecule has 4 atom stereocenters.